The highest BCUT2D eigenvalue weighted by Crippen LogP contribution is 2.23. The maximum absolute atomic E-state index is 13.7. The van der Waals surface area contributed by atoms with Crippen LogP contribution < -0.4 is 5.32 Å². The minimum atomic E-state index is -1.05. The first kappa shape index (κ1) is 15.2. The normalized spacial score (nSPS) is 10.2. The fraction of sp³-hybridized carbons (Fsp3) is 0.0667. The van der Waals surface area contributed by atoms with Gasteiger partial charge in [-0.25, -0.2) is 9.18 Å². The summed E-state index contributed by atoms with van der Waals surface area (Å²) in [6.07, 6.45) is 0. The summed E-state index contributed by atoms with van der Waals surface area (Å²) in [6, 6.07) is 8.54. The van der Waals surface area contributed by atoms with Crippen LogP contribution >= 0.6 is 15.9 Å². The summed E-state index contributed by atoms with van der Waals surface area (Å²) in [5.74, 6) is -2.29. The summed E-state index contributed by atoms with van der Waals surface area (Å²) < 4.78 is 14.1. The van der Waals surface area contributed by atoms with Crippen molar-refractivity contribution >= 4 is 33.5 Å². The lowest BCUT2D eigenvalue weighted by atomic mass is 10.1. The van der Waals surface area contributed by atoms with Crippen LogP contribution in [0.5, 0.6) is 0 Å². The number of amides is 1. The number of anilines is 1. The molecule has 0 bridgehead atoms. The Morgan fingerprint density at radius 1 is 1.24 bits per heavy atom. The van der Waals surface area contributed by atoms with Crippen molar-refractivity contribution in [1.29, 1.82) is 0 Å². The van der Waals surface area contributed by atoms with Gasteiger partial charge in [-0.3, -0.25) is 4.79 Å². The lowest BCUT2D eigenvalue weighted by molar-refractivity contribution is 0.0696. The number of rotatable bonds is 3. The smallest absolute Gasteiger partial charge is 0.335 e. The standard InChI is InChI=1S/C15H11BrFNO3/c1-8-7-9(15(20)21)5-6-12(8)18-14(19)13-10(16)3-2-4-11(13)17/h2-7H,1H3,(H,18,19)(H,20,21). The molecule has 2 N–H and O–H groups in total. The molecule has 2 rings (SSSR count). The molecule has 0 saturated heterocycles. The number of carboxylic acids is 1. The van der Waals surface area contributed by atoms with Crippen molar-refractivity contribution in [1.82, 2.24) is 0 Å². The molecule has 0 aromatic heterocycles. The molecule has 4 nitrogen and oxygen atoms in total. The summed E-state index contributed by atoms with van der Waals surface area (Å²) in [6.45, 7) is 1.67. The van der Waals surface area contributed by atoms with Gasteiger partial charge in [0.25, 0.3) is 5.91 Å². The predicted molar refractivity (Wildman–Crippen MR) is 80.2 cm³/mol. The van der Waals surface area contributed by atoms with Gasteiger partial charge in [0.05, 0.1) is 11.1 Å². The fourth-order valence-corrected chi connectivity index (χ4v) is 2.36. The molecule has 0 fully saturated rings. The first-order valence-corrected chi connectivity index (χ1v) is 6.78. The van der Waals surface area contributed by atoms with Crippen LogP contribution in [-0.2, 0) is 0 Å². The van der Waals surface area contributed by atoms with Gasteiger partial charge < -0.3 is 10.4 Å². The van der Waals surface area contributed by atoms with E-state index < -0.39 is 17.7 Å². The molecular formula is C15H11BrFNO3. The summed E-state index contributed by atoms with van der Waals surface area (Å²) in [5, 5.41) is 11.5. The number of carbonyl (C=O) groups excluding carboxylic acids is 1. The number of carboxylic acid groups (broad SMARTS) is 1. The highest BCUT2D eigenvalue weighted by Gasteiger charge is 2.16. The lowest BCUT2D eigenvalue weighted by Gasteiger charge is -2.10. The molecule has 0 aliphatic heterocycles. The van der Waals surface area contributed by atoms with E-state index in [9.17, 15) is 14.0 Å². The number of aryl methyl sites for hydroxylation is 1. The van der Waals surface area contributed by atoms with Crippen LogP contribution in [-0.4, -0.2) is 17.0 Å². The number of aromatic carboxylic acids is 1. The first-order valence-electron chi connectivity index (χ1n) is 5.99. The largest absolute Gasteiger partial charge is 0.478 e. The van der Waals surface area contributed by atoms with Crippen LogP contribution in [0.2, 0.25) is 0 Å². The molecule has 2 aromatic carbocycles. The lowest BCUT2D eigenvalue weighted by Crippen LogP contribution is -2.15. The second-order valence-corrected chi connectivity index (χ2v) is 5.24. The molecule has 1 amide bonds. The van der Waals surface area contributed by atoms with Crippen molar-refractivity contribution in [2.24, 2.45) is 0 Å². The van der Waals surface area contributed by atoms with E-state index in [-0.39, 0.29) is 11.1 Å². The van der Waals surface area contributed by atoms with Crippen LogP contribution in [0.3, 0.4) is 0 Å². The Balaban J connectivity index is 2.30. The summed E-state index contributed by atoms with van der Waals surface area (Å²) >= 11 is 3.13. The molecule has 0 atom stereocenters. The van der Waals surface area contributed by atoms with Gasteiger partial charge in [0.15, 0.2) is 0 Å². The molecule has 0 heterocycles. The van der Waals surface area contributed by atoms with Crippen molar-refractivity contribution in [3.63, 3.8) is 0 Å². The molecule has 0 aliphatic carbocycles. The van der Waals surface area contributed by atoms with Gasteiger partial charge in [-0.05, 0) is 58.7 Å². The van der Waals surface area contributed by atoms with Crippen molar-refractivity contribution < 1.29 is 19.1 Å². The van der Waals surface area contributed by atoms with Crippen molar-refractivity contribution in [2.45, 2.75) is 6.92 Å². The van der Waals surface area contributed by atoms with Gasteiger partial charge >= 0.3 is 5.97 Å². The Morgan fingerprint density at radius 2 is 1.95 bits per heavy atom. The zero-order valence-corrected chi connectivity index (χ0v) is 12.6. The van der Waals surface area contributed by atoms with Gasteiger partial charge in [0, 0.05) is 10.2 Å². The van der Waals surface area contributed by atoms with Crippen LogP contribution in [0, 0.1) is 12.7 Å². The summed E-state index contributed by atoms with van der Waals surface area (Å²) in [5.41, 5.74) is 1.03. The minimum Gasteiger partial charge on any atom is -0.478 e. The molecular weight excluding hydrogens is 341 g/mol. The fourth-order valence-electron chi connectivity index (χ4n) is 1.84. The zero-order valence-electron chi connectivity index (χ0n) is 11.0. The Morgan fingerprint density at radius 3 is 2.52 bits per heavy atom. The molecule has 0 saturated carbocycles. The molecule has 6 heteroatoms. The monoisotopic (exact) mass is 351 g/mol. The summed E-state index contributed by atoms with van der Waals surface area (Å²) in [7, 11) is 0. The Kier molecular flexibility index (Phi) is 4.37. The minimum absolute atomic E-state index is 0.0980. The van der Waals surface area contributed by atoms with Crippen molar-refractivity contribution in [3.8, 4) is 0 Å². The van der Waals surface area contributed by atoms with Crippen molar-refractivity contribution in [3.05, 3.63) is 63.4 Å². The third-order valence-electron chi connectivity index (χ3n) is 2.91. The van der Waals surface area contributed by atoms with E-state index in [1.54, 1.807) is 13.0 Å². The zero-order chi connectivity index (χ0) is 15.6. The Labute approximate surface area is 128 Å². The van der Waals surface area contributed by atoms with E-state index in [1.807, 2.05) is 0 Å². The van der Waals surface area contributed by atoms with Gasteiger partial charge in [-0.1, -0.05) is 6.07 Å². The SMILES string of the molecule is Cc1cc(C(=O)O)ccc1NC(=O)c1c(F)cccc1Br. The Hall–Kier alpha value is -2.21. The van der Waals surface area contributed by atoms with Gasteiger partial charge in [-0.15, -0.1) is 0 Å². The number of hydrogen-bond donors (Lipinski definition) is 2. The van der Waals surface area contributed by atoms with E-state index in [0.29, 0.717) is 15.7 Å². The highest BCUT2D eigenvalue weighted by molar-refractivity contribution is 9.10. The third kappa shape index (κ3) is 3.28. The molecule has 0 spiro atoms. The summed E-state index contributed by atoms with van der Waals surface area (Å²) in [4.78, 5) is 23.0. The average Bonchev–Trinajstić information content (AvgIpc) is 2.40. The van der Waals surface area contributed by atoms with Crippen LogP contribution in [0.1, 0.15) is 26.3 Å². The maximum atomic E-state index is 13.7. The molecule has 0 radical (unpaired) electrons. The average molecular weight is 352 g/mol. The molecule has 108 valence electrons. The quantitative estimate of drug-likeness (QED) is 0.882. The molecule has 0 aliphatic rings. The number of nitrogens with one attached hydrogen (secondary N) is 1. The van der Waals surface area contributed by atoms with Crippen LogP contribution in [0.25, 0.3) is 0 Å². The number of halogens is 2. The van der Waals surface area contributed by atoms with E-state index in [1.165, 1.54) is 30.3 Å². The van der Waals surface area contributed by atoms with Crippen LogP contribution in [0.15, 0.2) is 40.9 Å². The van der Waals surface area contributed by atoms with Crippen LogP contribution in [0.4, 0.5) is 10.1 Å². The molecule has 0 unspecified atom stereocenters. The second-order valence-electron chi connectivity index (χ2n) is 4.39. The Bertz CT molecular complexity index is 711. The highest BCUT2D eigenvalue weighted by atomic mass is 79.9. The van der Waals surface area contributed by atoms with E-state index >= 15 is 0 Å². The predicted octanol–water partition coefficient (Wildman–Crippen LogP) is 3.85. The third-order valence-corrected chi connectivity index (χ3v) is 3.57. The van der Waals surface area contributed by atoms with E-state index in [0.717, 1.165) is 0 Å². The van der Waals surface area contributed by atoms with E-state index in [2.05, 4.69) is 21.2 Å². The maximum Gasteiger partial charge on any atom is 0.335 e. The molecule has 21 heavy (non-hydrogen) atoms. The van der Waals surface area contributed by atoms with Gasteiger partial charge in [-0.2, -0.15) is 0 Å². The first-order chi connectivity index (χ1) is 9.90. The topological polar surface area (TPSA) is 66.4 Å². The number of hydrogen-bond acceptors (Lipinski definition) is 2. The number of benzene rings is 2. The van der Waals surface area contributed by atoms with Crippen molar-refractivity contribution in [2.75, 3.05) is 5.32 Å². The number of carbonyl (C=O) groups is 2. The van der Waals surface area contributed by atoms with Gasteiger partial charge in [0.2, 0.25) is 0 Å². The van der Waals surface area contributed by atoms with Gasteiger partial charge in [0.1, 0.15) is 5.82 Å². The molecule has 2 aromatic rings. The van der Waals surface area contributed by atoms with E-state index in [4.69, 9.17) is 5.11 Å². The second kappa shape index (κ2) is 6.05.